The lowest BCUT2D eigenvalue weighted by atomic mass is 9.97. The summed E-state index contributed by atoms with van der Waals surface area (Å²) >= 11 is 1.85. The number of hydrogen-bond acceptors (Lipinski definition) is 2. The zero-order valence-corrected chi connectivity index (χ0v) is 21.2. The maximum atomic E-state index is 5.28. The summed E-state index contributed by atoms with van der Waals surface area (Å²) in [4.78, 5) is 5.28. The van der Waals surface area contributed by atoms with E-state index in [4.69, 9.17) is 4.98 Å². The number of hydrogen-bond donors (Lipinski definition) is 0. The molecule has 0 saturated heterocycles. The van der Waals surface area contributed by atoms with E-state index in [1.165, 1.54) is 63.6 Å². The number of nitrogens with zero attached hydrogens (tertiary/aromatic N) is 2. The summed E-state index contributed by atoms with van der Waals surface area (Å²) in [5.41, 5.74) is 5.77. The second kappa shape index (κ2) is 7.41. The maximum Gasteiger partial charge on any atom is 0.156 e. The molecule has 0 amide bonds. The van der Waals surface area contributed by atoms with Gasteiger partial charge in [0.05, 0.1) is 15.7 Å². The molecular formula is C35H20N2S. The maximum absolute atomic E-state index is 5.28. The molecule has 9 aromatic rings. The van der Waals surface area contributed by atoms with Gasteiger partial charge in [-0.05, 0) is 62.3 Å². The highest BCUT2D eigenvalue weighted by Gasteiger charge is 2.16. The molecule has 0 atom stereocenters. The van der Waals surface area contributed by atoms with Crippen LogP contribution in [0.15, 0.2) is 121 Å². The molecule has 9 rings (SSSR count). The predicted octanol–water partition coefficient (Wildman–Crippen LogP) is 9.98. The van der Waals surface area contributed by atoms with Gasteiger partial charge in [0.1, 0.15) is 0 Å². The predicted molar refractivity (Wildman–Crippen MR) is 164 cm³/mol. The van der Waals surface area contributed by atoms with Gasteiger partial charge < -0.3 is 0 Å². The van der Waals surface area contributed by atoms with E-state index in [0.29, 0.717) is 0 Å². The molecule has 3 heteroatoms. The summed E-state index contributed by atoms with van der Waals surface area (Å²) < 4.78 is 4.80. The average Bonchev–Trinajstić information content (AvgIpc) is 3.54. The third-order valence-electron chi connectivity index (χ3n) is 7.99. The van der Waals surface area contributed by atoms with Crippen LogP contribution in [0, 0.1) is 0 Å². The van der Waals surface area contributed by atoms with Gasteiger partial charge in [-0.3, -0.25) is 4.40 Å². The van der Waals surface area contributed by atoms with Gasteiger partial charge in [-0.1, -0.05) is 91.0 Å². The van der Waals surface area contributed by atoms with E-state index in [1.54, 1.807) is 0 Å². The number of benzene rings is 6. The van der Waals surface area contributed by atoms with Gasteiger partial charge in [-0.2, -0.15) is 0 Å². The third kappa shape index (κ3) is 2.69. The Morgan fingerprint density at radius 2 is 1.39 bits per heavy atom. The Balaban J connectivity index is 1.36. The first-order chi connectivity index (χ1) is 18.8. The highest BCUT2D eigenvalue weighted by atomic mass is 32.1. The van der Waals surface area contributed by atoms with Crippen LogP contribution < -0.4 is 0 Å². The molecular weight excluding hydrogens is 480 g/mol. The highest BCUT2D eigenvalue weighted by Crippen LogP contribution is 2.41. The van der Waals surface area contributed by atoms with Crippen molar-refractivity contribution in [2.75, 3.05) is 0 Å². The monoisotopic (exact) mass is 500 g/mol. The average molecular weight is 501 g/mol. The lowest BCUT2D eigenvalue weighted by Crippen LogP contribution is -1.84. The molecule has 3 heterocycles. The second-order valence-electron chi connectivity index (χ2n) is 10.0. The molecule has 0 aliphatic rings. The molecule has 3 aromatic heterocycles. The molecule has 0 fully saturated rings. The van der Waals surface area contributed by atoms with Gasteiger partial charge in [0.15, 0.2) is 5.65 Å². The van der Waals surface area contributed by atoms with Crippen molar-refractivity contribution < 1.29 is 0 Å². The SMILES string of the molecule is c1ccc(-c2cccc3cc4sc5c(ccn6c7ccc8c9ccccc9ccc8c7nc56)c4cc23)cc1. The molecule has 6 aromatic carbocycles. The zero-order chi connectivity index (χ0) is 24.8. The van der Waals surface area contributed by atoms with Crippen LogP contribution in [0.4, 0.5) is 0 Å². The van der Waals surface area contributed by atoms with Crippen molar-refractivity contribution in [3.05, 3.63) is 121 Å². The topological polar surface area (TPSA) is 17.3 Å². The van der Waals surface area contributed by atoms with E-state index in [-0.39, 0.29) is 0 Å². The Kier molecular flexibility index (Phi) is 3.96. The van der Waals surface area contributed by atoms with Crippen molar-refractivity contribution in [1.82, 2.24) is 9.38 Å². The van der Waals surface area contributed by atoms with Gasteiger partial charge in [-0.15, -0.1) is 11.3 Å². The Labute approximate surface area is 222 Å². The first-order valence-corrected chi connectivity index (χ1v) is 13.7. The molecule has 0 bridgehead atoms. The van der Waals surface area contributed by atoms with Crippen LogP contribution in [0.1, 0.15) is 0 Å². The third-order valence-corrected chi connectivity index (χ3v) is 9.15. The van der Waals surface area contributed by atoms with Crippen molar-refractivity contribution in [3.63, 3.8) is 0 Å². The molecule has 38 heavy (non-hydrogen) atoms. The van der Waals surface area contributed by atoms with Gasteiger partial charge in [-0.25, -0.2) is 4.98 Å². The minimum absolute atomic E-state index is 1.03. The Hall–Kier alpha value is -4.73. The Morgan fingerprint density at radius 1 is 0.553 bits per heavy atom. The van der Waals surface area contributed by atoms with Crippen LogP contribution in [0.3, 0.4) is 0 Å². The summed E-state index contributed by atoms with van der Waals surface area (Å²) in [6, 6.07) is 41.8. The minimum atomic E-state index is 1.03. The number of aromatic nitrogens is 2. The number of thiophene rings is 1. The molecule has 0 aliphatic heterocycles. The van der Waals surface area contributed by atoms with Crippen LogP contribution in [-0.4, -0.2) is 9.38 Å². The molecule has 0 saturated carbocycles. The number of imidazole rings is 1. The van der Waals surface area contributed by atoms with Crippen molar-refractivity contribution in [1.29, 1.82) is 0 Å². The summed E-state index contributed by atoms with van der Waals surface area (Å²) in [6.07, 6.45) is 2.19. The molecule has 0 N–H and O–H groups in total. The molecule has 0 unspecified atom stereocenters. The first-order valence-electron chi connectivity index (χ1n) is 12.9. The normalized spacial score (nSPS) is 12.2. The quantitative estimate of drug-likeness (QED) is 0.205. The Bertz CT molecular complexity index is 2390. The van der Waals surface area contributed by atoms with Gasteiger partial charge >= 0.3 is 0 Å². The summed E-state index contributed by atoms with van der Waals surface area (Å²) in [7, 11) is 0. The van der Waals surface area contributed by atoms with Gasteiger partial charge in [0.25, 0.3) is 0 Å². The van der Waals surface area contributed by atoms with Crippen molar-refractivity contribution in [2.45, 2.75) is 0 Å². The molecule has 176 valence electrons. The number of rotatable bonds is 1. The fourth-order valence-corrected chi connectivity index (χ4v) is 7.40. The van der Waals surface area contributed by atoms with E-state index in [0.717, 1.165) is 16.7 Å². The standard InChI is InChI=1S/C35H20N2S/c1-2-7-21(8-3-1)25-12-6-10-23-19-32-30(20-29(23)25)28-17-18-37-31-16-15-26-24-11-5-4-9-22(24)13-14-27(26)33(31)36-35(37)34(28)38-32/h1-20H. The fraction of sp³-hybridized carbons (Fsp3) is 0. The van der Waals surface area contributed by atoms with Crippen LogP contribution in [0.25, 0.3) is 80.3 Å². The molecule has 0 radical (unpaired) electrons. The first kappa shape index (κ1) is 20.3. The lowest BCUT2D eigenvalue weighted by Gasteiger charge is -2.07. The van der Waals surface area contributed by atoms with Crippen molar-refractivity contribution >= 4 is 80.5 Å². The van der Waals surface area contributed by atoms with Crippen LogP contribution in [-0.2, 0) is 0 Å². The smallest absolute Gasteiger partial charge is 0.156 e. The van der Waals surface area contributed by atoms with E-state index in [1.807, 2.05) is 11.3 Å². The van der Waals surface area contributed by atoms with Crippen molar-refractivity contribution in [2.24, 2.45) is 0 Å². The van der Waals surface area contributed by atoms with E-state index < -0.39 is 0 Å². The molecule has 2 nitrogen and oxygen atoms in total. The minimum Gasteiger partial charge on any atom is -0.298 e. The second-order valence-corrected chi connectivity index (χ2v) is 11.1. The van der Waals surface area contributed by atoms with Crippen LogP contribution in [0.5, 0.6) is 0 Å². The number of fused-ring (bicyclic) bond motifs is 12. The van der Waals surface area contributed by atoms with Gasteiger partial charge in [0.2, 0.25) is 0 Å². The van der Waals surface area contributed by atoms with Crippen LogP contribution in [0.2, 0.25) is 0 Å². The fourth-order valence-electron chi connectivity index (χ4n) is 6.19. The summed E-state index contributed by atoms with van der Waals surface area (Å²) in [5.74, 6) is 0. The van der Waals surface area contributed by atoms with E-state index in [2.05, 4.69) is 126 Å². The largest absolute Gasteiger partial charge is 0.298 e. The van der Waals surface area contributed by atoms with Gasteiger partial charge in [0, 0.05) is 27.1 Å². The Morgan fingerprint density at radius 3 is 2.34 bits per heavy atom. The van der Waals surface area contributed by atoms with E-state index >= 15 is 0 Å². The summed E-state index contributed by atoms with van der Waals surface area (Å²) in [5, 5.41) is 10.1. The zero-order valence-electron chi connectivity index (χ0n) is 20.3. The van der Waals surface area contributed by atoms with Crippen molar-refractivity contribution in [3.8, 4) is 11.1 Å². The van der Waals surface area contributed by atoms with Crippen LogP contribution >= 0.6 is 11.3 Å². The summed E-state index contributed by atoms with van der Waals surface area (Å²) in [6.45, 7) is 0. The number of pyridine rings is 1. The molecule has 0 spiro atoms. The highest BCUT2D eigenvalue weighted by molar-refractivity contribution is 7.26. The lowest BCUT2D eigenvalue weighted by molar-refractivity contribution is 1.25. The van der Waals surface area contributed by atoms with E-state index in [9.17, 15) is 0 Å². The molecule has 0 aliphatic carbocycles.